The first-order valence-electron chi connectivity index (χ1n) is 7.12. The Morgan fingerprint density at radius 1 is 1.26 bits per heavy atom. The smallest absolute Gasteiger partial charge is 0.422 e. The van der Waals surface area contributed by atoms with Crippen LogP contribution in [0.3, 0.4) is 0 Å². The molecule has 5 nitrogen and oxygen atoms in total. The molecule has 2 amide bonds. The predicted octanol–water partition coefficient (Wildman–Crippen LogP) is 2.64. The molecule has 2 N–H and O–H groups in total. The highest BCUT2D eigenvalue weighted by Gasteiger charge is 2.30. The van der Waals surface area contributed by atoms with Crippen molar-refractivity contribution in [1.82, 2.24) is 10.6 Å². The van der Waals surface area contributed by atoms with Crippen molar-refractivity contribution in [2.45, 2.75) is 31.5 Å². The number of alkyl carbamates (subject to hydrolysis) is 1. The van der Waals surface area contributed by atoms with E-state index in [0.29, 0.717) is 5.92 Å². The molecule has 0 saturated heterocycles. The Morgan fingerprint density at radius 3 is 2.57 bits per heavy atom. The molecule has 1 aliphatic rings. The van der Waals surface area contributed by atoms with E-state index in [-0.39, 0.29) is 6.04 Å². The molecule has 0 aromatic heterocycles. The number of rotatable bonds is 4. The number of amides is 2. The van der Waals surface area contributed by atoms with E-state index in [1.807, 2.05) is 29.6 Å². The Balaban J connectivity index is 1.79. The Morgan fingerprint density at radius 2 is 1.91 bits per heavy atom. The number of nitrogens with one attached hydrogen (secondary N) is 2. The number of alkyl halides is 3. The van der Waals surface area contributed by atoms with Gasteiger partial charge in [0.15, 0.2) is 6.61 Å². The van der Waals surface area contributed by atoms with Crippen molar-refractivity contribution in [3.8, 4) is 0 Å². The lowest BCUT2D eigenvalue weighted by Crippen LogP contribution is -2.39. The van der Waals surface area contributed by atoms with E-state index in [0.717, 1.165) is 17.5 Å². The number of benzene rings is 1. The normalized spacial score (nSPS) is 19.8. The van der Waals surface area contributed by atoms with Crippen molar-refractivity contribution in [1.29, 1.82) is 0 Å². The van der Waals surface area contributed by atoms with Gasteiger partial charge in [0.2, 0.25) is 5.91 Å². The van der Waals surface area contributed by atoms with Crippen LogP contribution in [0.2, 0.25) is 0 Å². The lowest BCUT2D eigenvalue weighted by molar-refractivity contribution is -0.160. The van der Waals surface area contributed by atoms with Crippen LogP contribution in [0.4, 0.5) is 18.0 Å². The van der Waals surface area contributed by atoms with Gasteiger partial charge in [0, 0.05) is 0 Å². The van der Waals surface area contributed by atoms with Gasteiger partial charge in [0.1, 0.15) is 6.54 Å². The van der Waals surface area contributed by atoms with Gasteiger partial charge in [-0.25, -0.2) is 4.79 Å². The first-order chi connectivity index (χ1) is 10.8. The standard InChI is InChI=1S/C15H17F3N2O3/c1-9-6-12(11-5-3-2-4-10(9)11)20-13(21)7-19-14(22)23-8-15(16,17)18/h2-5,9,12H,6-8H2,1H3,(H,19,22)(H,20,21)/t9-,12-/m0/s1. The lowest BCUT2D eigenvalue weighted by Gasteiger charge is -2.15. The van der Waals surface area contributed by atoms with Crippen molar-refractivity contribution in [2.75, 3.05) is 13.2 Å². The third-order valence-corrected chi connectivity index (χ3v) is 3.59. The van der Waals surface area contributed by atoms with Gasteiger partial charge in [0.05, 0.1) is 6.04 Å². The van der Waals surface area contributed by atoms with Crippen molar-refractivity contribution in [3.63, 3.8) is 0 Å². The summed E-state index contributed by atoms with van der Waals surface area (Å²) in [6, 6.07) is 7.57. The zero-order chi connectivity index (χ0) is 17.0. The molecule has 126 valence electrons. The fourth-order valence-corrected chi connectivity index (χ4v) is 2.62. The van der Waals surface area contributed by atoms with Crippen LogP contribution in [-0.2, 0) is 9.53 Å². The van der Waals surface area contributed by atoms with Gasteiger partial charge in [-0.3, -0.25) is 4.79 Å². The molecular formula is C15H17F3N2O3. The van der Waals surface area contributed by atoms with Gasteiger partial charge >= 0.3 is 12.3 Å². The SMILES string of the molecule is C[C@H]1C[C@H](NC(=O)CNC(=O)OCC(F)(F)F)c2ccccc21. The largest absolute Gasteiger partial charge is 0.440 e. The fourth-order valence-electron chi connectivity index (χ4n) is 2.62. The minimum Gasteiger partial charge on any atom is -0.440 e. The minimum absolute atomic E-state index is 0.165. The highest BCUT2D eigenvalue weighted by Crippen LogP contribution is 2.39. The molecule has 0 spiro atoms. The number of hydrogen-bond donors (Lipinski definition) is 2. The van der Waals surface area contributed by atoms with Gasteiger partial charge < -0.3 is 15.4 Å². The van der Waals surface area contributed by atoms with Gasteiger partial charge in [-0.15, -0.1) is 0 Å². The quantitative estimate of drug-likeness (QED) is 0.892. The Hall–Kier alpha value is -2.25. The van der Waals surface area contributed by atoms with Crippen LogP contribution in [0.5, 0.6) is 0 Å². The van der Waals surface area contributed by atoms with Crippen molar-refractivity contribution in [3.05, 3.63) is 35.4 Å². The molecule has 2 rings (SSSR count). The first-order valence-corrected chi connectivity index (χ1v) is 7.12. The third-order valence-electron chi connectivity index (χ3n) is 3.59. The molecule has 0 bridgehead atoms. The van der Waals surface area contributed by atoms with Crippen LogP contribution in [-0.4, -0.2) is 31.3 Å². The highest BCUT2D eigenvalue weighted by molar-refractivity contribution is 5.82. The van der Waals surface area contributed by atoms with E-state index in [4.69, 9.17) is 0 Å². The van der Waals surface area contributed by atoms with Crippen molar-refractivity contribution < 1.29 is 27.5 Å². The second-order valence-electron chi connectivity index (χ2n) is 5.43. The highest BCUT2D eigenvalue weighted by atomic mass is 19.4. The van der Waals surface area contributed by atoms with Crippen LogP contribution in [0, 0.1) is 0 Å². The molecule has 23 heavy (non-hydrogen) atoms. The molecule has 0 fully saturated rings. The van der Waals surface area contributed by atoms with Gasteiger partial charge in [0.25, 0.3) is 0 Å². The number of carbonyl (C=O) groups is 2. The Labute approximate surface area is 131 Å². The maximum atomic E-state index is 11.9. The topological polar surface area (TPSA) is 67.4 Å². The fraction of sp³-hybridized carbons (Fsp3) is 0.467. The molecule has 1 aromatic rings. The minimum atomic E-state index is -4.59. The van der Waals surface area contributed by atoms with Crippen LogP contribution in [0.25, 0.3) is 0 Å². The number of fused-ring (bicyclic) bond motifs is 1. The second kappa shape index (κ2) is 6.89. The molecule has 1 aliphatic carbocycles. The van der Waals surface area contributed by atoms with Crippen molar-refractivity contribution in [2.24, 2.45) is 0 Å². The van der Waals surface area contributed by atoms with E-state index < -0.39 is 31.3 Å². The van der Waals surface area contributed by atoms with E-state index >= 15 is 0 Å². The monoisotopic (exact) mass is 330 g/mol. The Kier molecular flexibility index (Phi) is 5.12. The predicted molar refractivity (Wildman–Crippen MR) is 75.8 cm³/mol. The van der Waals surface area contributed by atoms with E-state index in [1.165, 1.54) is 0 Å². The summed E-state index contributed by atoms with van der Waals surface area (Å²) in [5, 5.41) is 4.75. The summed E-state index contributed by atoms with van der Waals surface area (Å²) in [6.45, 7) is -0.0740. The lowest BCUT2D eigenvalue weighted by atomic mass is 10.0. The summed E-state index contributed by atoms with van der Waals surface area (Å²) in [5.41, 5.74) is 2.18. The van der Waals surface area contributed by atoms with Gasteiger partial charge in [-0.2, -0.15) is 13.2 Å². The molecule has 0 heterocycles. The number of ether oxygens (including phenoxy) is 1. The van der Waals surface area contributed by atoms with E-state index in [1.54, 1.807) is 0 Å². The molecule has 0 saturated carbocycles. The van der Waals surface area contributed by atoms with Crippen LogP contribution >= 0.6 is 0 Å². The molecule has 0 aliphatic heterocycles. The average Bonchev–Trinajstić information content (AvgIpc) is 2.79. The molecule has 1 aromatic carbocycles. The molecular weight excluding hydrogens is 313 g/mol. The summed E-state index contributed by atoms with van der Waals surface area (Å²) in [4.78, 5) is 22.9. The van der Waals surface area contributed by atoms with Gasteiger partial charge in [-0.1, -0.05) is 31.2 Å². The van der Waals surface area contributed by atoms with E-state index in [2.05, 4.69) is 17.0 Å². The van der Waals surface area contributed by atoms with Crippen LogP contribution in [0.15, 0.2) is 24.3 Å². The van der Waals surface area contributed by atoms with E-state index in [9.17, 15) is 22.8 Å². The summed E-state index contributed by atoms with van der Waals surface area (Å²) in [7, 11) is 0. The maximum absolute atomic E-state index is 11.9. The zero-order valence-electron chi connectivity index (χ0n) is 12.4. The van der Waals surface area contributed by atoms with Gasteiger partial charge in [-0.05, 0) is 23.5 Å². The number of halogens is 3. The third kappa shape index (κ3) is 4.87. The maximum Gasteiger partial charge on any atom is 0.422 e. The Bertz CT molecular complexity index is 590. The molecule has 8 heteroatoms. The molecule has 0 radical (unpaired) electrons. The first kappa shape index (κ1) is 17.1. The molecule has 0 unspecified atom stereocenters. The zero-order valence-corrected chi connectivity index (χ0v) is 12.4. The summed E-state index contributed by atoms with van der Waals surface area (Å²) in [5.74, 6) is -0.177. The second-order valence-corrected chi connectivity index (χ2v) is 5.43. The summed E-state index contributed by atoms with van der Waals surface area (Å²) >= 11 is 0. The van der Waals surface area contributed by atoms with Crippen molar-refractivity contribution >= 4 is 12.0 Å². The number of carbonyl (C=O) groups excluding carboxylic acids is 2. The molecule has 2 atom stereocenters. The average molecular weight is 330 g/mol. The van der Waals surface area contributed by atoms with Crippen LogP contribution < -0.4 is 10.6 Å². The number of hydrogen-bond acceptors (Lipinski definition) is 3. The van der Waals surface area contributed by atoms with Crippen LogP contribution in [0.1, 0.15) is 36.4 Å². The summed E-state index contributed by atoms with van der Waals surface area (Å²) < 4.78 is 39.6. The summed E-state index contributed by atoms with van der Waals surface area (Å²) in [6.07, 6.45) is -5.13.